The number of aliphatic imine (C=N–C) groups is 1. The number of nitrogens with one attached hydrogen (secondary N) is 2. The maximum absolute atomic E-state index is 5.63. The summed E-state index contributed by atoms with van der Waals surface area (Å²) in [4.78, 5) is 4.77. The van der Waals surface area contributed by atoms with Gasteiger partial charge in [-0.3, -0.25) is 0 Å². The van der Waals surface area contributed by atoms with E-state index in [-0.39, 0.29) is 0 Å². The van der Waals surface area contributed by atoms with E-state index in [1.807, 2.05) is 18.2 Å². The largest absolute Gasteiger partial charge is 0.493 e. The first kappa shape index (κ1) is 22.3. The van der Waals surface area contributed by atoms with Crippen LogP contribution in [0.2, 0.25) is 0 Å². The highest BCUT2D eigenvalue weighted by Gasteiger charge is 2.33. The number of methoxy groups -OCH3 is 2. The van der Waals surface area contributed by atoms with Crippen molar-refractivity contribution in [3.8, 4) is 11.5 Å². The second kappa shape index (κ2) is 11.8. The molecule has 0 atom stereocenters. The van der Waals surface area contributed by atoms with Crippen LogP contribution < -0.4 is 20.1 Å². The molecule has 0 spiro atoms. The smallest absolute Gasteiger partial charge is 0.191 e. The van der Waals surface area contributed by atoms with E-state index in [0.29, 0.717) is 12.0 Å². The Kier molecular flexibility index (Phi) is 9.41. The van der Waals surface area contributed by atoms with Crippen LogP contribution in [0.15, 0.2) is 23.2 Å². The summed E-state index contributed by atoms with van der Waals surface area (Å²) < 4.78 is 16.3. The van der Waals surface area contributed by atoms with Gasteiger partial charge in [-0.1, -0.05) is 18.9 Å². The number of hydrogen-bond donors (Lipinski definition) is 2. The Hall–Kier alpha value is -1.95. The monoisotopic (exact) mass is 391 g/mol. The molecule has 6 heteroatoms. The third-order valence-corrected chi connectivity index (χ3v) is 5.49. The van der Waals surface area contributed by atoms with Gasteiger partial charge in [0.1, 0.15) is 0 Å². The normalized spacial score (nSPS) is 16.1. The van der Waals surface area contributed by atoms with E-state index in [0.717, 1.165) is 55.7 Å². The van der Waals surface area contributed by atoms with E-state index in [1.165, 1.54) is 25.7 Å². The van der Waals surface area contributed by atoms with E-state index in [2.05, 4.69) is 24.5 Å². The highest BCUT2D eigenvalue weighted by atomic mass is 16.5. The molecule has 0 bridgehead atoms. The molecule has 0 radical (unpaired) electrons. The molecular formula is C22H37N3O3. The van der Waals surface area contributed by atoms with Crippen molar-refractivity contribution in [2.24, 2.45) is 10.4 Å². The van der Waals surface area contributed by atoms with Crippen molar-refractivity contribution in [1.82, 2.24) is 10.6 Å². The molecule has 28 heavy (non-hydrogen) atoms. The van der Waals surface area contributed by atoms with Crippen LogP contribution >= 0.6 is 0 Å². The fourth-order valence-electron chi connectivity index (χ4n) is 3.84. The fourth-order valence-corrected chi connectivity index (χ4v) is 3.84. The fraction of sp³-hybridized carbons (Fsp3) is 0.682. The summed E-state index contributed by atoms with van der Waals surface area (Å²) in [6.45, 7) is 8.15. The van der Waals surface area contributed by atoms with Gasteiger partial charge in [0.25, 0.3) is 0 Å². The molecule has 2 rings (SSSR count). The maximum atomic E-state index is 5.63. The van der Waals surface area contributed by atoms with E-state index < -0.39 is 0 Å². The van der Waals surface area contributed by atoms with Gasteiger partial charge < -0.3 is 24.8 Å². The van der Waals surface area contributed by atoms with Gasteiger partial charge in [0.15, 0.2) is 17.5 Å². The molecule has 6 nitrogen and oxygen atoms in total. The Balaban J connectivity index is 1.99. The Morgan fingerprint density at radius 3 is 2.46 bits per heavy atom. The number of ether oxygens (including phenoxy) is 3. The molecule has 2 N–H and O–H groups in total. The molecule has 1 saturated carbocycles. The third-order valence-electron chi connectivity index (χ3n) is 5.49. The molecule has 1 aliphatic carbocycles. The molecule has 1 aromatic rings. The first-order valence-corrected chi connectivity index (χ1v) is 10.5. The number of nitrogens with zero attached hydrogens (tertiary/aromatic N) is 1. The second-order valence-corrected chi connectivity index (χ2v) is 7.39. The number of rotatable bonds is 11. The lowest BCUT2D eigenvalue weighted by Gasteiger charge is -2.30. The van der Waals surface area contributed by atoms with Gasteiger partial charge in [-0.2, -0.15) is 0 Å². The lowest BCUT2D eigenvalue weighted by Crippen LogP contribution is -2.43. The van der Waals surface area contributed by atoms with Gasteiger partial charge in [-0.05, 0) is 56.2 Å². The van der Waals surface area contributed by atoms with Gasteiger partial charge in [0.2, 0.25) is 0 Å². The average Bonchev–Trinajstić information content (AvgIpc) is 3.19. The van der Waals surface area contributed by atoms with Crippen molar-refractivity contribution in [1.29, 1.82) is 0 Å². The Bertz CT molecular complexity index is 613. The topological polar surface area (TPSA) is 64.1 Å². The summed E-state index contributed by atoms with van der Waals surface area (Å²) in [7, 11) is 3.30. The van der Waals surface area contributed by atoms with Crippen molar-refractivity contribution in [3.63, 3.8) is 0 Å². The van der Waals surface area contributed by atoms with Gasteiger partial charge in [-0.25, -0.2) is 4.99 Å². The van der Waals surface area contributed by atoms with E-state index in [4.69, 9.17) is 19.2 Å². The number of guanidine groups is 1. The van der Waals surface area contributed by atoms with Crippen LogP contribution in [-0.2, 0) is 11.3 Å². The zero-order valence-electron chi connectivity index (χ0n) is 18.0. The van der Waals surface area contributed by atoms with Crippen LogP contribution in [0.5, 0.6) is 11.5 Å². The minimum Gasteiger partial charge on any atom is -0.493 e. The van der Waals surface area contributed by atoms with Gasteiger partial charge in [-0.15, -0.1) is 0 Å². The summed E-state index contributed by atoms with van der Waals surface area (Å²) in [5.74, 6) is 2.33. The van der Waals surface area contributed by atoms with Crippen LogP contribution in [0.3, 0.4) is 0 Å². The molecule has 0 unspecified atom stereocenters. The Labute approximate surface area is 170 Å². The predicted octanol–water partition coefficient (Wildman–Crippen LogP) is 3.75. The van der Waals surface area contributed by atoms with Gasteiger partial charge in [0.05, 0.1) is 20.8 Å². The molecule has 0 heterocycles. The Morgan fingerprint density at radius 1 is 1.07 bits per heavy atom. The predicted molar refractivity (Wildman–Crippen MR) is 114 cm³/mol. The molecule has 0 aliphatic heterocycles. The summed E-state index contributed by atoms with van der Waals surface area (Å²) in [5, 5.41) is 6.94. The van der Waals surface area contributed by atoms with Crippen LogP contribution in [0.1, 0.15) is 51.5 Å². The minimum atomic E-state index is 0.328. The molecule has 1 fully saturated rings. The van der Waals surface area contributed by atoms with Crippen LogP contribution in [0, 0.1) is 5.41 Å². The van der Waals surface area contributed by atoms with Gasteiger partial charge in [0, 0.05) is 26.3 Å². The minimum absolute atomic E-state index is 0.328. The first-order valence-electron chi connectivity index (χ1n) is 10.5. The molecule has 0 amide bonds. The quantitative estimate of drug-likeness (QED) is 0.342. The average molecular weight is 392 g/mol. The summed E-state index contributed by atoms with van der Waals surface area (Å²) in [6.07, 6.45) is 6.27. The zero-order chi connectivity index (χ0) is 20.2. The van der Waals surface area contributed by atoms with Crippen LogP contribution in [0.4, 0.5) is 0 Å². The lowest BCUT2D eigenvalue weighted by molar-refractivity contribution is 0.105. The van der Waals surface area contributed by atoms with Crippen molar-refractivity contribution in [2.75, 3.05) is 40.5 Å². The lowest BCUT2D eigenvalue weighted by atomic mass is 9.83. The van der Waals surface area contributed by atoms with Gasteiger partial charge >= 0.3 is 0 Å². The highest BCUT2D eigenvalue weighted by Crippen LogP contribution is 2.40. The third kappa shape index (κ3) is 6.59. The zero-order valence-corrected chi connectivity index (χ0v) is 18.0. The van der Waals surface area contributed by atoms with Crippen LogP contribution in [-0.4, -0.2) is 46.5 Å². The number of hydrogen-bond acceptors (Lipinski definition) is 4. The molecule has 1 aliphatic rings. The van der Waals surface area contributed by atoms with Crippen molar-refractivity contribution < 1.29 is 14.2 Å². The van der Waals surface area contributed by atoms with E-state index in [9.17, 15) is 0 Å². The summed E-state index contributed by atoms with van der Waals surface area (Å²) in [6, 6.07) is 5.92. The van der Waals surface area contributed by atoms with Crippen molar-refractivity contribution >= 4 is 5.96 Å². The SMILES string of the molecule is CCNC(=NCc1ccc(OC)c(OC)c1)NCC1(CCOCC)CCCC1. The second-order valence-electron chi connectivity index (χ2n) is 7.39. The molecular weight excluding hydrogens is 354 g/mol. The molecule has 0 aromatic heterocycles. The molecule has 1 aromatic carbocycles. The Morgan fingerprint density at radius 2 is 1.82 bits per heavy atom. The van der Waals surface area contributed by atoms with E-state index >= 15 is 0 Å². The number of benzene rings is 1. The summed E-state index contributed by atoms with van der Waals surface area (Å²) in [5.41, 5.74) is 1.41. The summed E-state index contributed by atoms with van der Waals surface area (Å²) >= 11 is 0. The maximum Gasteiger partial charge on any atom is 0.191 e. The molecule has 0 saturated heterocycles. The molecule has 158 valence electrons. The highest BCUT2D eigenvalue weighted by molar-refractivity contribution is 5.79. The van der Waals surface area contributed by atoms with Crippen molar-refractivity contribution in [2.45, 2.75) is 52.5 Å². The first-order chi connectivity index (χ1) is 13.7. The standard InChI is InChI=1S/C22H37N3O3/c1-5-23-21(24-16-18-9-10-19(26-3)20(15-18)27-4)25-17-22(11-7-8-12-22)13-14-28-6-2/h9-10,15H,5-8,11-14,16-17H2,1-4H3,(H2,23,24,25). The van der Waals surface area contributed by atoms with Crippen molar-refractivity contribution in [3.05, 3.63) is 23.8 Å². The van der Waals surface area contributed by atoms with E-state index in [1.54, 1.807) is 14.2 Å². The van der Waals surface area contributed by atoms with Crippen LogP contribution in [0.25, 0.3) is 0 Å².